The first-order valence-electron chi connectivity index (χ1n) is 4.38. The molecule has 0 spiro atoms. The van der Waals surface area contributed by atoms with Gasteiger partial charge in [0.2, 0.25) is 0 Å². The molecular formula is C8H18N2OS. The minimum atomic E-state index is -0.142. The molecule has 0 aliphatic heterocycles. The van der Waals surface area contributed by atoms with Crippen LogP contribution in [0.25, 0.3) is 0 Å². The summed E-state index contributed by atoms with van der Waals surface area (Å²) in [6.07, 6.45) is 3.01. The standard InChI is InChI=1S/C8H18N2OS/c1-9-3-4-10-6-5-7(12-2)8(6)11/h6-11H,3-5H2,1-2H3. The molecule has 1 fully saturated rings. The van der Waals surface area contributed by atoms with Crippen LogP contribution in [0.15, 0.2) is 0 Å². The maximum absolute atomic E-state index is 9.56. The minimum Gasteiger partial charge on any atom is -0.390 e. The largest absolute Gasteiger partial charge is 0.390 e. The second-order valence-electron chi connectivity index (χ2n) is 3.16. The zero-order valence-electron chi connectivity index (χ0n) is 7.71. The molecule has 0 amide bonds. The molecule has 0 aromatic carbocycles. The van der Waals surface area contributed by atoms with Crippen LogP contribution in [-0.2, 0) is 0 Å². The van der Waals surface area contributed by atoms with Crippen LogP contribution in [0, 0.1) is 0 Å². The van der Waals surface area contributed by atoms with E-state index < -0.39 is 0 Å². The lowest BCUT2D eigenvalue weighted by Crippen LogP contribution is -2.57. The van der Waals surface area contributed by atoms with Gasteiger partial charge in [0.25, 0.3) is 0 Å². The van der Waals surface area contributed by atoms with Crippen LogP contribution in [0.3, 0.4) is 0 Å². The third-order valence-corrected chi connectivity index (χ3v) is 3.44. The van der Waals surface area contributed by atoms with E-state index in [4.69, 9.17) is 0 Å². The van der Waals surface area contributed by atoms with Gasteiger partial charge in [0, 0.05) is 24.4 Å². The van der Waals surface area contributed by atoms with Crippen LogP contribution in [0.2, 0.25) is 0 Å². The molecule has 1 rings (SSSR count). The van der Waals surface area contributed by atoms with E-state index in [0.29, 0.717) is 11.3 Å². The fraction of sp³-hybridized carbons (Fsp3) is 1.00. The summed E-state index contributed by atoms with van der Waals surface area (Å²) in [5.41, 5.74) is 0. The Labute approximate surface area is 78.3 Å². The van der Waals surface area contributed by atoms with Crippen LogP contribution in [-0.4, -0.2) is 48.9 Å². The number of aliphatic hydroxyl groups excluding tert-OH is 1. The van der Waals surface area contributed by atoms with E-state index in [1.165, 1.54) is 0 Å². The van der Waals surface area contributed by atoms with Gasteiger partial charge in [-0.15, -0.1) is 0 Å². The summed E-state index contributed by atoms with van der Waals surface area (Å²) in [7, 11) is 1.93. The molecule has 0 saturated heterocycles. The molecule has 4 heteroatoms. The molecule has 3 unspecified atom stereocenters. The number of hydrogen-bond acceptors (Lipinski definition) is 4. The molecule has 3 atom stereocenters. The van der Waals surface area contributed by atoms with Crippen molar-refractivity contribution in [2.75, 3.05) is 26.4 Å². The molecule has 3 N–H and O–H groups in total. The Morgan fingerprint density at radius 2 is 2.25 bits per heavy atom. The van der Waals surface area contributed by atoms with Crippen molar-refractivity contribution in [3.05, 3.63) is 0 Å². The van der Waals surface area contributed by atoms with Gasteiger partial charge in [0.1, 0.15) is 0 Å². The molecular weight excluding hydrogens is 172 g/mol. The van der Waals surface area contributed by atoms with Gasteiger partial charge in [-0.05, 0) is 19.7 Å². The van der Waals surface area contributed by atoms with Crippen molar-refractivity contribution in [3.8, 4) is 0 Å². The zero-order chi connectivity index (χ0) is 8.97. The molecule has 0 bridgehead atoms. The van der Waals surface area contributed by atoms with Gasteiger partial charge in [-0.3, -0.25) is 0 Å². The number of hydrogen-bond donors (Lipinski definition) is 3. The lowest BCUT2D eigenvalue weighted by Gasteiger charge is -2.40. The van der Waals surface area contributed by atoms with E-state index in [-0.39, 0.29) is 6.10 Å². The number of thioether (sulfide) groups is 1. The molecule has 0 aromatic heterocycles. The molecule has 0 aromatic rings. The van der Waals surface area contributed by atoms with Crippen LogP contribution >= 0.6 is 11.8 Å². The van der Waals surface area contributed by atoms with Crippen LogP contribution in [0.4, 0.5) is 0 Å². The summed E-state index contributed by atoms with van der Waals surface area (Å²) in [5, 5.41) is 16.4. The Balaban J connectivity index is 2.05. The van der Waals surface area contributed by atoms with E-state index in [1.807, 2.05) is 7.05 Å². The van der Waals surface area contributed by atoms with E-state index in [9.17, 15) is 5.11 Å². The normalized spacial score (nSPS) is 34.8. The lowest BCUT2D eigenvalue weighted by molar-refractivity contribution is 0.0588. The monoisotopic (exact) mass is 190 g/mol. The van der Waals surface area contributed by atoms with Crippen molar-refractivity contribution < 1.29 is 5.11 Å². The SMILES string of the molecule is CNCCNC1CC(SC)C1O. The number of likely N-dealkylation sites (N-methyl/N-ethyl adjacent to an activating group) is 1. The molecule has 1 saturated carbocycles. The van der Waals surface area contributed by atoms with Crippen molar-refractivity contribution >= 4 is 11.8 Å². The first-order chi connectivity index (χ1) is 5.79. The van der Waals surface area contributed by atoms with Gasteiger partial charge < -0.3 is 15.7 Å². The van der Waals surface area contributed by atoms with Crippen LogP contribution < -0.4 is 10.6 Å². The summed E-state index contributed by atoms with van der Waals surface area (Å²) >= 11 is 1.76. The summed E-state index contributed by atoms with van der Waals surface area (Å²) in [4.78, 5) is 0. The maximum atomic E-state index is 9.56. The average molecular weight is 190 g/mol. The third kappa shape index (κ3) is 2.36. The Bertz CT molecular complexity index is 134. The van der Waals surface area contributed by atoms with Crippen molar-refractivity contribution in [2.24, 2.45) is 0 Å². The minimum absolute atomic E-state index is 0.142. The van der Waals surface area contributed by atoms with Crippen molar-refractivity contribution in [1.29, 1.82) is 0 Å². The second kappa shape index (κ2) is 5.07. The fourth-order valence-electron chi connectivity index (χ4n) is 1.41. The van der Waals surface area contributed by atoms with E-state index in [2.05, 4.69) is 16.9 Å². The molecule has 72 valence electrons. The average Bonchev–Trinajstić information content (AvgIpc) is 2.09. The van der Waals surface area contributed by atoms with Crippen LogP contribution in [0.1, 0.15) is 6.42 Å². The van der Waals surface area contributed by atoms with Gasteiger partial charge in [0.05, 0.1) is 6.10 Å². The molecule has 1 aliphatic rings. The Hall–Kier alpha value is 0.230. The third-order valence-electron chi connectivity index (χ3n) is 2.36. The van der Waals surface area contributed by atoms with Crippen molar-refractivity contribution in [2.45, 2.75) is 23.8 Å². The molecule has 0 radical (unpaired) electrons. The molecule has 12 heavy (non-hydrogen) atoms. The Morgan fingerprint density at radius 3 is 2.75 bits per heavy atom. The smallest absolute Gasteiger partial charge is 0.0812 e. The van der Waals surface area contributed by atoms with Crippen molar-refractivity contribution in [3.63, 3.8) is 0 Å². The molecule has 1 aliphatic carbocycles. The summed E-state index contributed by atoms with van der Waals surface area (Å²) < 4.78 is 0. The Morgan fingerprint density at radius 1 is 1.50 bits per heavy atom. The van der Waals surface area contributed by atoms with Gasteiger partial charge in [0.15, 0.2) is 0 Å². The highest BCUT2D eigenvalue weighted by molar-refractivity contribution is 7.99. The highest BCUT2D eigenvalue weighted by atomic mass is 32.2. The summed E-state index contributed by atoms with van der Waals surface area (Å²) in [6.45, 7) is 1.91. The van der Waals surface area contributed by atoms with E-state index in [1.54, 1.807) is 11.8 Å². The highest BCUT2D eigenvalue weighted by Gasteiger charge is 2.38. The highest BCUT2D eigenvalue weighted by Crippen LogP contribution is 2.30. The zero-order valence-corrected chi connectivity index (χ0v) is 8.53. The van der Waals surface area contributed by atoms with Gasteiger partial charge in [-0.25, -0.2) is 0 Å². The van der Waals surface area contributed by atoms with Gasteiger partial charge >= 0.3 is 0 Å². The fourth-order valence-corrected chi connectivity index (χ4v) is 2.28. The lowest BCUT2D eigenvalue weighted by atomic mass is 9.88. The predicted octanol–water partition coefficient (Wildman–Crippen LogP) is -0.340. The maximum Gasteiger partial charge on any atom is 0.0812 e. The van der Waals surface area contributed by atoms with Gasteiger partial charge in [-0.2, -0.15) is 11.8 Å². The quantitative estimate of drug-likeness (QED) is 0.519. The summed E-state index contributed by atoms with van der Waals surface area (Å²) in [6, 6.07) is 0.329. The first-order valence-corrected chi connectivity index (χ1v) is 5.67. The van der Waals surface area contributed by atoms with Crippen molar-refractivity contribution in [1.82, 2.24) is 10.6 Å². The summed E-state index contributed by atoms with van der Waals surface area (Å²) in [5.74, 6) is 0. The second-order valence-corrected chi connectivity index (χ2v) is 4.24. The van der Waals surface area contributed by atoms with E-state index >= 15 is 0 Å². The topological polar surface area (TPSA) is 44.3 Å². The number of rotatable bonds is 5. The molecule has 3 nitrogen and oxygen atoms in total. The number of aliphatic hydroxyl groups is 1. The van der Waals surface area contributed by atoms with Crippen LogP contribution in [0.5, 0.6) is 0 Å². The van der Waals surface area contributed by atoms with Gasteiger partial charge in [-0.1, -0.05) is 0 Å². The number of nitrogens with one attached hydrogen (secondary N) is 2. The predicted molar refractivity (Wildman–Crippen MR) is 53.6 cm³/mol. The van der Waals surface area contributed by atoms with E-state index in [0.717, 1.165) is 19.5 Å². The Kier molecular flexibility index (Phi) is 4.35. The first kappa shape index (κ1) is 10.3. The molecule has 0 heterocycles.